The van der Waals surface area contributed by atoms with Gasteiger partial charge in [0.05, 0.1) is 37.8 Å². The molecule has 1 aliphatic carbocycles. The highest BCUT2D eigenvalue weighted by atomic mass is 19.1. The van der Waals surface area contributed by atoms with E-state index in [1.165, 1.54) is 72.5 Å². The number of fused-ring (bicyclic) bond motifs is 2. The zero-order valence-electron chi connectivity index (χ0n) is 51.9. The van der Waals surface area contributed by atoms with Gasteiger partial charge in [-0.3, -0.25) is 43.3 Å². The second-order valence-corrected chi connectivity index (χ2v) is 25.4. The minimum atomic E-state index is -1.21. The van der Waals surface area contributed by atoms with Gasteiger partial charge in [0.2, 0.25) is 29.5 Å². The van der Waals surface area contributed by atoms with Gasteiger partial charge in [0.15, 0.2) is 5.78 Å². The average Bonchev–Trinajstić information content (AvgIpc) is 1.72. The number of Topliss-reactive ketones (excluding diaryl/α,β-unsaturated/α-hetero) is 1. The number of halogens is 2. The van der Waals surface area contributed by atoms with Crippen LogP contribution in [0.3, 0.4) is 0 Å². The molecule has 24 heteroatoms. The van der Waals surface area contributed by atoms with E-state index in [0.29, 0.717) is 17.9 Å². The number of nitrogens with one attached hydrogen (secondary N) is 4. The molecule has 0 radical (unpaired) electrons. The van der Waals surface area contributed by atoms with E-state index in [2.05, 4.69) is 21.3 Å². The van der Waals surface area contributed by atoms with Crippen molar-refractivity contribution in [3.8, 4) is 17.2 Å². The minimum absolute atomic E-state index is 0.0178. The molecule has 4 fully saturated rings. The lowest BCUT2D eigenvalue weighted by molar-refractivity contribution is -0.147. The summed E-state index contributed by atoms with van der Waals surface area (Å²) in [4.78, 5) is 137. The number of carbonyl (C=O) groups is 9. The Bertz CT molecular complexity index is 3200. The van der Waals surface area contributed by atoms with Crippen molar-refractivity contribution in [2.75, 3.05) is 46.8 Å². The van der Waals surface area contributed by atoms with E-state index in [4.69, 9.17) is 19.0 Å². The lowest BCUT2D eigenvalue weighted by atomic mass is 9.85. The summed E-state index contributed by atoms with van der Waals surface area (Å²) in [6.07, 6.45) is -1.68. The van der Waals surface area contributed by atoms with Crippen molar-refractivity contribution in [1.29, 1.82) is 0 Å². The molecule has 22 nitrogen and oxygen atoms in total. The monoisotopic (exact) mass is 1230 g/mol. The van der Waals surface area contributed by atoms with Gasteiger partial charge in [-0.25, -0.2) is 13.6 Å². The van der Waals surface area contributed by atoms with E-state index >= 15 is 0 Å². The fourth-order valence-electron chi connectivity index (χ4n) is 12.0. The van der Waals surface area contributed by atoms with Gasteiger partial charge in [-0.15, -0.1) is 5.06 Å². The summed E-state index contributed by atoms with van der Waals surface area (Å²) in [5.74, 6) is -6.65. The molecule has 0 spiro atoms. The first-order valence-electron chi connectivity index (χ1n) is 29.9. The molecule has 4 aromatic rings. The fourth-order valence-corrected chi connectivity index (χ4v) is 12.0. The lowest BCUT2D eigenvalue weighted by Gasteiger charge is -2.38. The molecule has 4 aliphatic rings. The number of benzene rings is 4. The molecule has 8 amide bonds. The molecular weight excluding hydrogens is 1150 g/mol. The molecule has 3 saturated heterocycles. The van der Waals surface area contributed by atoms with Crippen LogP contribution < -0.4 is 35.6 Å². The van der Waals surface area contributed by atoms with Crippen molar-refractivity contribution < 1.29 is 71.0 Å². The van der Waals surface area contributed by atoms with Crippen LogP contribution in [0.2, 0.25) is 0 Å². The van der Waals surface area contributed by atoms with Crippen LogP contribution >= 0.6 is 0 Å². The third-order valence-corrected chi connectivity index (χ3v) is 17.2. The Balaban J connectivity index is 0.898. The summed E-state index contributed by atoms with van der Waals surface area (Å²) in [5.41, 5.74) is -0.913. The number of ether oxygens (including phenoxy) is 3. The number of hydrogen-bond donors (Lipinski definition) is 4. The van der Waals surface area contributed by atoms with Crippen molar-refractivity contribution >= 4 is 53.2 Å². The molecule has 3 aliphatic heterocycles. The third kappa shape index (κ3) is 16.0. The van der Waals surface area contributed by atoms with Gasteiger partial charge in [0, 0.05) is 33.1 Å². The largest absolute Gasteiger partial charge is 0.488 e. The maximum atomic E-state index is 14.8. The highest BCUT2D eigenvalue weighted by Crippen LogP contribution is 2.45. The summed E-state index contributed by atoms with van der Waals surface area (Å²) in [5, 5.41) is 12.0. The van der Waals surface area contributed by atoms with Crippen LogP contribution in [0.15, 0.2) is 109 Å². The fraction of sp³-hybridized carbons (Fsp3) is 0.492. The normalized spacial score (nSPS) is 21.7. The summed E-state index contributed by atoms with van der Waals surface area (Å²) >= 11 is 0. The number of hydroxylamine groups is 2. The number of rotatable bonds is 21. The summed E-state index contributed by atoms with van der Waals surface area (Å²) in [6.45, 7) is 12.9. The summed E-state index contributed by atoms with van der Waals surface area (Å²) in [7, 11) is 3.03. The van der Waals surface area contributed by atoms with E-state index in [1.807, 2.05) is 32.9 Å². The molecule has 1 saturated carbocycles. The zero-order chi connectivity index (χ0) is 64.6. The van der Waals surface area contributed by atoms with Gasteiger partial charge in [0.25, 0.3) is 0 Å². The van der Waals surface area contributed by atoms with Crippen LogP contribution in [0.5, 0.6) is 17.2 Å². The van der Waals surface area contributed by atoms with Crippen LogP contribution in [0.1, 0.15) is 80.2 Å². The van der Waals surface area contributed by atoms with Crippen molar-refractivity contribution in [2.45, 2.75) is 136 Å². The molecule has 0 aromatic heterocycles. The molecule has 3 heterocycles. The molecule has 478 valence electrons. The molecular formula is C65H81F2N9O13. The van der Waals surface area contributed by atoms with Crippen molar-refractivity contribution in [3.63, 3.8) is 0 Å². The van der Waals surface area contributed by atoms with Crippen LogP contribution in [-0.4, -0.2) is 179 Å². The van der Waals surface area contributed by atoms with Crippen LogP contribution in [0, 0.1) is 34.3 Å². The van der Waals surface area contributed by atoms with E-state index in [-0.39, 0.29) is 44.8 Å². The Morgan fingerprint density at radius 2 is 1.09 bits per heavy atom. The number of nitrogens with zero attached hydrogens (tertiary/aromatic N) is 5. The lowest BCUT2D eigenvalue weighted by Crippen LogP contribution is -2.60. The number of carbonyl (C=O) groups excluding carboxylic acids is 9. The topological polar surface area (TPSA) is 255 Å². The predicted octanol–water partition coefficient (Wildman–Crippen LogP) is 5.04. The average molecular weight is 1230 g/mol. The van der Waals surface area contributed by atoms with Gasteiger partial charge in [-0.1, -0.05) is 90.1 Å². The van der Waals surface area contributed by atoms with E-state index in [9.17, 15) is 51.9 Å². The number of likely N-dealkylation sites (N-methyl/N-ethyl adjacent to an activating group) is 2. The maximum absolute atomic E-state index is 14.8. The van der Waals surface area contributed by atoms with E-state index in [0.717, 1.165) is 10.5 Å². The van der Waals surface area contributed by atoms with Gasteiger partial charge in [-0.2, -0.15) is 0 Å². The van der Waals surface area contributed by atoms with Crippen molar-refractivity contribution in [2.24, 2.45) is 22.7 Å². The molecule has 4 aromatic carbocycles. The SMILES string of the molecule is C[C@@H](C(=O)N[C@H](C(=O)N1CC[C@H]2C(C(=O)CNC(=O)C(=O)NCC(=O)N3C[C@H](Oc4ccc(F)cc4)[C@@H]4[C@H]3CCN4C(=O)[C@@H](NC(=O)[C@H](C)N(C)C(=O)OCc3ccccc3)C(C)(C)C)C[C@H](Oc3ccc(F)cc3)[C@H]21)C(C)(C)C)N(C)Oc1ccccc1. The van der Waals surface area contributed by atoms with Crippen molar-refractivity contribution in [1.82, 2.24) is 45.9 Å². The van der Waals surface area contributed by atoms with Crippen LogP contribution in [-0.2, 0) is 49.7 Å². The minimum Gasteiger partial charge on any atom is -0.488 e. The number of ketones is 1. The van der Waals surface area contributed by atoms with Crippen molar-refractivity contribution in [3.05, 3.63) is 126 Å². The van der Waals surface area contributed by atoms with E-state index < -0.39 is 155 Å². The summed E-state index contributed by atoms with van der Waals surface area (Å²) < 4.78 is 46.4. The second-order valence-electron chi connectivity index (χ2n) is 25.4. The Morgan fingerprint density at radius 1 is 0.596 bits per heavy atom. The third-order valence-electron chi connectivity index (χ3n) is 17.2. The van der Waals surface area contributed by atoms with Crippen LogP contribution in [0.4, 0.5) is 13.6 Å². The quantitative estimate of drug-likeness (QED) is 0.0630. The van der Waals surface area contributed by atoms with Gasteiger partial charge >= 0.3 is 17.9 Å². The van der Waals surface area contributed by atoms with Gasteiger partial charge in [-0.05, 0) is 116 Å². The number of para-hydroxylation sites is 1. The number of hydrogen-bond acceptors (Lipinski definition) is 14. The van der Waals surface area contributed by atoms with Gasteiger partial charge < -0.3 is 55.0 Å². The first-order chi connectivity index (χ1) is 42.1. The number of amides is 8. The highest BCUT2D eigenvalue weighted by Gasteiger charge is 2.57. The zero-order valence-corrected chi connectivity index (χ0v) is 51.9. The Morgan fingerprint density at radius 3 is 1.64 bits per heavy atom. The molecule has 8 rings (SSSR count). The highest BCUT2D eigenvalue weighted by molar-refractivity contribution is 6.35. The molecule has 4 N–H and O–H groups in total. The molecule has 11 atom stereocenters. The smallest absolute Gasteiger partial charge is 0.410 e. The molecule has 0 bridgehead atoms. The Hall–Kier alpha value is -8.67. The molecule has 1 unspecified atom stereocenters. The first-order valence-corrected chi connectivity index (χ1v) is 29.9. The second kappa shape index (κ2) is 28.2. The summed E-state index contributed by atoms with van der Waals surface area (Å²) in [6, 6.07) is 22.3. The predicted molar refractivity (Wildman–Crippen MR) is 321 cm³/mol. The van der Waals surface area contributed by atoms with Gasteiger partial charge in [0.1, 0.15) is 71.9 Å². The number of likely N-dealkylation sites (tertiary alicyclic amines) is 3. The first kappa shape index (κ1) is 66.3. The Labute approximate surface area is 517 Å². The maximum Gasteiger partial charge on any atom is 0.410 e. The Kier molecular flexibility index (Phi) is 21.0. The van der Waals surface area contributed by atoms with Crippen LogP contribution in [0.25, 0.3) is 0 Å². The standard InChI is InChI=1S/C65H81F2N9O13/c1-38(72(9)63(85)86-37-40-17-13-11-14-18-40)57(79)70-56(65(6,7)8)62(84)75-32-30-48-54(75)51(88-44-27-23-42(67)24-28-44)36-76(48)52(78)35-69-60(82)59(81)68-34-49(77)47-33-50(87-43-25-21-41(66)22-26-43)53-46(47)29-31-74(53)61(83)55(64(3,4)5)71-58(80)39(2)73(10)89-45-19-15-12-16-20-45/h11-28,38-39,46-48,50-51,53-56H,29-37H2,1-10H3,(H,68,81)(H,69,82)(H,70,79)(H,71,80)/t38-,39-,46-,47?,48+,50-,51-,53-,54-,55+,56+/m0/s1. The van der Waals surface area contributed by atoms with E-state index in [1.54, 1.807) is 93.1 Å². The molecule has 89 heavy (non-hydrogen) atoms.